The maximum Gasteiger partial charge on any atom is 0.100 e. The van der Waals surface area contributed by atoms with Crippen molar-refractivity contribution in [1.82, 2.24) is 9.80 Å². The van der Waals surface area contributed by atoms with Gasteiger partial charge in [0.25, 0.3) is 0 Å². The maximum absolute atomic E-state index is 9.24. The molecule has 1 aromatic rings. The van der Waals surface area contributed by atoms with Gasteiger partial charge in [0.1, 0.15) is 6.04 Å². The molecule has 0 spiro atoms. The van der Waals surface area contributed by atoms with Crippen LogP contribution in [0.2, 0.25) is 0 Å². The average Bonchev–Trinajstić information content (AvgIpc) is 2.77. The van der Waals surface area contributed by atoms with E-state index in [2.05, 4.69) is 57.8 Å². The third kappa shape index (κ3) is 4.03. The predicted molar refractivity (Wildman–Crippen MR) is 83.1 cm³/mol. The van der Waals surface area contributed by atoms with E-state index in [1.54, 1.807) is 11.3 Å². The fraction of sp³-hybridized carbons (Fsp3) is 0.643. The molecule has 2 rings (SSSR count). The van der Waals surface area contributed by atoms with E-state index in [9.17, 15) is 5.26 Å². The molecule has 0 bridgehead atoms. The zero-order valence-corrected chi connectivity index (χ0v) is 13.9. The van der Waals surface area contributed by atoms with Crippen LogP contribution in [0, 0.1) is 17.2 Å². The molecule has 0 N–H and O–H groups in total. The summed E-state index contributed by atoms with van der Waals surface area (Å²) in [6, 6.07) is 6.81. The van der Waals surface area contributed by atoms with E-state index in [0.29, 0.717) is 5.92 Å². The van der Waals surface area contributed by atoms with Gasteiger partial charge in [-0.3, -0.25) is 9.80 Å². The van der Waals surface area contributed by atoms with Crippen LogP contribution in [-0.2, 0) is 6.54 Å². The molecule has 104 valence electrons. The quantitative estimate of drug-likeness (QED) is 0.842. The summed E-state index contributed by atoms with van der Waals surface area (Å²) in [5, 5.41) is 9.24. The molecule has 1 fully saturated rings. The Morgan fingerprint density at radius 1 is 1.32 bits per heavy atom. The number of thiophene rings is 1. The van der Waals surface area contributed by atoms with Crippen molar-refractivity contribution in [2.45, 2.75) is 26.4 Å². The summed E-state index contributed by atoms with van der Waals surface area (Å²) in [6.45, 7) is 9.41. The first-order chi connectivity index (χ1) is 9.10. The Kier molecular flexibility index (Phi) is 5.40. The van der Waals surface area contributed by atoms with E-state index in [-0.39, 0.29) is 6.04 Å². The minimum atomic E-state index is 0.0676. The molecule has 0 saturated carbocycles. The van der Waals surface area contributed by atoms with Crippen LogP contribution in [0.3, 0.4) is 0 Å². The first-order valence-electron chi connectivity index (χ1n) is 6.70. The minimum Gasteiger partial charge on any atom is -0.296 e. The third-order valence-corrected chi connectivity index (χ3v) is 5.18. The van der Waals surface area contributed by atoms with Crippen LogP contribution in [0.15, 0.2) is 15.9 Å². The lowest BCUT2D eigenvalue weighted by atomic mass is 10.0. The van der Waals surface area contributed by atoms with Crippen LogP contribution < -0.4 is 0 Å². The van der Waals surface area contributed by atoms with Crippen molar-refractivity contribution in [2.75, 3.05) is 26.2 Å². The van der Waals surface area contributed by atoms with Gasteiger partial charge in [-0.2, -0.15) is 5.26 Å². The molecular weight excluding hydrogens is 322 g/mol. The molecule has 0 radical (unpaired) electrons. The second-order valence-corrected chi connectivity index (χ2v) is 7.88. The number of hydrogen-bond donors (Lipinski definition) is 0. The largest absolute Gasteiger partial charge is 0.296 e. The Bertz CT molecular complexity index is 444. The van der Waals surface area contributed by atoms with Gasteiger partial charge in [0.2, 0.25) is 0 Å². The standard InChI is InChI=1S/C14H20BrN3S/c1-11(2)13(9-16)18-7-5-17(6-8-18)10-12-3-4-14(15)19-12/h3-4,11,13H,5-8,10H2,1-2H3. The second kappa shape index (κ2) is 6.85. The molecule has 1 aromatic heterocycles. The molecule has 1 aliphatic rings. The van der Waals surface area contributed by atoms with Crippen molar-refractivity contribution in [3.63, 3.8) is 0 Å². The van der Waals surface area contributed by atoms with E-state index in [0.717, 1.165) is 32.7 Å². The molecule has 3 nitrogen and oxygen atoms in total. The molecule has 5 heteroatoms. The summed E-state index contributed by atoms with van der Waals surface area (Å²) in [6.07, 6.45) is 0. The lowest BCUT2D eigenvalue weighted by Gasteiger charge is -2.37. The van der Waals surface area contributed by atoms with Crippen molar-refractivity contribution in [1.29, 1.82) is 5.26 Å². The first kappa shape index (κ1) is 15.0. The van der Waals surface area contributed by atoms with Gasteiger partial charge in [-0.05, 0) is 34.0 Å². The van der Waals surface area contributed by atoms with Gasteiger partial charge in [0.15, 0.2) is 0 Å². The zero-order chi connectivity index (χ0) is 13.8. The van der Waals surface area contributed by atoms with Crippen molar-refractivity contribution in [3.05, 3.63) is 20.8 Å². The van der Waals surface area contributed by atoms with Crippen molar-refractivity contribution in [3.8, 4) is 6.07 Å². The molecular formula is C14H20BrN3S. The first-order valence-corrected chi connectivity index (χ1v) is 8.31. The van der Waals surface area contributed by atoms with Gasteiger partial charge in [-0.1, -0.05) is 13.8 Å². The van der Waals surface area contributed by atoms with Crippen LogP contribution in [0.4, 0.5) is 0 Å². The Morgan fingerprint density at radius 3 is 2.47 bits per heavy atom. The van der Waals surface area contributed by atoms with E-state index < -0.39 is 0 Å². The molecule has 19 heavy (non-hydrogen) atoms. The summed E-state index contributed by atoms with van der Waals surface area (Å²) in [5.41, 5.74) is 0. The summed E-state index contributed by atoms with van der Waals surface area (Å²) < 4.78 is 1.20. The monoisotopic (exact) mass is 341 g/mol. The topological polar surface area (TPSA) is 30.3 Å². The van der Waals surface area contributed by atoms with Crippen molar-refractivity contribution in [2.24, 2.45) is 5.92 Å². The highest BCUT2D eigenvalue weighted by atomic mass is 79.9. The predicted octanol–water partition coefficient (Wildman–Crippen LogP) is 3.18. The Labute approximate surface area is 127 Å². The van der Waals surface area contributed by atoms with E-state index in [1.807, 2.05) is 0 Å². The Morgan fingerprint density at radius 2 is 2.00 bits per heavy atom. The fourth-order valence-electron chi connectivity index (χ4n) is 2.51. The highest BCUT2D eigenvalue weighted by molar-refractivity contribution is 9.11. The smallest absolute Gasteiger partial charge is 0.100 e. The normalized spacial score (nSPS) is 19.5. The molecule has 0 aliphatic carbocycles. The molecule has 0 aromatic carbocycles. The van der Waals surface area contributed by atoms with Crippen LogP contribution >= 0.6 is 27.3 Å². The summed E-state index contributed by atoms with van der Waals surface area (Å²) in [4.78, 5) is 6.20. The summed E-state index contributed by atoms with van der Waals surface area (Å²) in [7, 11) is 0. The van der Waals surface area contributed by atoms with E-state index >= 15 is 0 Å². The summed E-state index contributed by atoms with van der Waals surface area (Å²) >= 11 is 5.31. The second-order valence-electron chi connectivity index (χ2n) is 5.34. The molecule has 2 heterocycles. The van der Waals surface area contributed by atoms with Crippen molar-refractivity contribution >= 4 is 27.3 Å². The number of nitriles is 1. The van der Waals surface area contributed by atoms with Gasteiger partial charge in [0.05, 0.1) is 9.86 Å². The minimum absolute atomic E-state index is 0.0676. The SMILES string of the molecule is CC(C)C(C#N)N1CCN(Cc2ccc(Br)s2)CC1. The van der Waals surface area contributed by atoms with Crippen LogP contribution in [0.25, 0.3) is 0 Å². The Hall–Kier alpha value is -0.410. The number of rotatable bonds is 4. The average molecular weight is 342 g/mol. The molecule has 1 unspecified atom stereocenters. The highest BCUT2D eigenvalue weighted by Gasteiger charge is 2.25. The molecule has 1 saturated heterocycles. The number of halogens is 1. The number of nitrogens with zero attached hydrogens (tertiary/aromatic N) is 3. The van der Waals surface area contributed by atoms with E-state index in [1.165, 1.54) is 8.66 Å². The Balaban J connectivity index is 1.84. The maximum atomic E-state index is 9.24. The van der Waals surface area contributed by atoms with Crippen LogP contribution in [0.5, 0.6) is 0 Å². The number of hydrogen-bond acceptors (Lipinski definition) is 4. The van der Waals surface area contributed by atoms with E-state index in [4.69, 9.17) is 0 Å². The van der Waals surface area contributed by atoms with Crippen LogP contribution in [-0.4, -0.2) is 42.0 Å². The van der Waals surface area contributed by atoms with Gasteiger partial charge in [-0.15, -0.1) is 11.3 Å². The highest BCUT2D eigenvalue weighted by Crippen LogP contribution is 2.24. The summed E-state index contributed by atoms with van der Waals surface area (Å²) in [5.74, 6) is 0.407. The zero-order valence-electron chi connectivity index (χ0n) is 11.5. The van der Waals surface area contributed by atoms with Gasteiger partial charge in [0, 0.05) is 37.6 Å². The van der Waals surface area contributed by atoms with Gasteiger partial charge >= 0.3 is 0 Å². The van der Waals surface area contributed by atoms with Gasteiger partial charge in [-0.25, -0.2) is 0 Å². The fourth-order valence-corrected chi connectivity index (χ4v) is 4.03. The number of piperazine rings is 1. The molecule has 1 aliphatic heterocycles. The van der Waals surface area contributed by atoms with Crippen LogP contribution in [0.1, 0.15) is 18.7 Å². The third-order valence-electron chi connectivity index (χ3n) is 3.57. The lowest BCUT2D eigenvalue weighted by Crippen LogP contribution is -2.50. The van der Waals surface area contributed by atoms with Crippen molar-refractivity contribution < 1.29 is 0 Å². The lowest BCUT2D eigenvalue weighted by molar-refractivity contribution is 0.0947. The van der Waals surface area contributed by atoms with Gasteiger partial charge < -0.3 is 0 Å². The molecule has 1 atom stereocenters. The molecule has 0 amide bonds.